The molecular formula is C13H18O2. The Balaban J connectivity index is 2.42. The first-order chi connectivity index (χ1) is 7.04. The molecule has 2 rings (SSSR count). The van der Waals surface area contributed by atoms with Crippen molar-refractivity contribution in [3.8, 4) is 0 Å². The number of hydrogen-bond acceptors (Lipinski definition) is 2. The highest BCUT2D eigenvalue weighted by Gasteiger charge is 2.37. The Hall–Kier alpha value is -0.860. The minimum Gasteiger partial charge on any atom is -0.393 e. The van der Waals surface area contributed by atoms with Crippen molar-refractivity contribution in [2.45, 2.75) is 33.0 Å². The fourth-order valence-electron chi connectivity index (χ4n) is 2.17. The molecule has 2 unspecified atom stereocenters. The monoisotopic (exact) mass is 206 g/mol. The van der Waals surface area contributed by atoms with E-state index in [0.717, 1.165) is 5.56 Å². The molecule has 0 saturated carbocycles. The lowest BCUT2D eigenvalue weighted by molar-refractivity contribution is -0.0660. The van der Waals surface area contributed by atoms with Crippen molar-refractivity contribution in [1.82, 2.24) is 0 Å². The van der Waals surface area contributed by atoms with Gasteiger partial charge >= 0.3 is 0 Å². The molecular weight excluding hydrogens is 188 g/mol. The van der Waals surface area contributed by atoms with Gasteiger partial charge in [-0.25, -0.2) is 0 Å². The molecule has 0 aliphatic carbocycles. The molecule has 1 heterocycles. The lowest BCUT2D eigenvalue weighted by Crippen LogP contribution is -2.18. The Morgan fingerprint density at radius 1 is 1.20 bits per heavy atom. The number of hydrogen-bond donors (Lipinski definition) is 1. The van der Waals surface area contributed by atoms with Gasteiger partial charge in [-0.05, 0) is 16.5 Å². The second-order valence-corrected chi connectivity index (χ2v) is 5.18. The third-order valence-electron chi connectivity index (χ3n) is 2.88. The van der Waals surface area contributed by atoms with Crippen LogP contribution in [0.15, 0.2) is 24.3 Å². The molecule has 0 amide bonds. The minimum atomic E-state index is -0.148. The van der Waals surface area contributed by atoms with Crippen LogP contribution in [0.2, 0.25) is 0 Å². The van der Waals surface area contributed by atoms with Crippen molar-refractivity contribution < 1.29 is 9.84 Å². The van der Waals surface area contributed by atoms with E-state index >= 15 is 0 Å². The standard InChI is InChI=1S/C13H18O2/c1-13(2,3)12-10-7-5-4-6-9(10)11(8-14)15-12/h4-7,11-12,14H,8H2,1-3H3. The Bertz CT molecular complexity index is 352. The molecule has 1 aliphatic heterocycles. The van der Waals surface area contributed by atoms with E-state index in [1.165, 1.54) is 5.56 Å². The summed E-state index contributed by atoms with van der Waals surface area (Å²) in [7, 11) is 0. The number of benzene rings is 1. The average Bonchev–Trinajstić information content (AvgIpc) is 2.55. The van der Waals surface area contributed by atoms with Crippen LogP contribution in [0.3, 0.4) is 0 Å². The fraction of sp³-hybridized carbons (Fsp3) is 0.538. The van der Waals surface area contributed by atoms with Crippen LogP contribution in [0.4, 0.5) is 0 Å². The van der Waals surface area contributed by atoms with E-state index in [0.29, 0.717) is 0 Å². The Morgan fingerprint density at radius 2 is 1.80 bits per heavy atom. The number of aliphatic hydroxyl groups is 1. The predicted octanol–water partition coefficient (Wildman–Crippen LogP) is 2.84. The Kier molecular flexibility index (Phi) is 2.57. The molecule has 82 valence electrons. The molecule has 1 aromatic carbocycles. The summed E-state index contributed by atoms with van der Waals surface area (Å²) in [4.78, 5) is 0. The van der Waals surface area contributed by atoms with Crippen LogP contribution in [0, 0.1) is 5.41 Å². The van der Waals surface area contributed by atoms with Crippen molar-refractivity contribution in [2.24, 2.45) is 5.41 Å². The summed E-state index contributed by atoms with van der Waals surface area (Å²) in [6.07, 6.45) is -0.0590. The summed E-state index contributed by atoms with van der Waals surface area (Å²) < 4.78 is 5.90. The third kappa shape index (κ3) is 1.80. The van der Waals surface area contributed by atoms with Crippen molar-refractivity contribution >= 4 is 0 Å². The van der Waals surface area contributed by atoms with Gasteiger partial charge in [-0.1, -0.05) is 45.0 Å². The van der Waals surface area contributed by atoms with Gasteiger partial charge in [0.1, 0.15) is 6.10 Å². The number of aliphatic hydroxyl groups excluding tert-OH is 1. The van der Waals surface area contributed by atoms with Crippen LogP contribution in [0.25, 0.3) is 0 Å². The lowest BCUT2D eigenvalue weighted by Gasteiger charge is -2.27. The van der Waals surface area contributed by atoms with E-state index in [-0.39, 0.29) is 24.2 Å². The molecule has 0 radical (unpaired) electrons. The van der Waals surface area contributed by atoms with Crippen molar-refractivity contribution in [1.29, 1.82) is 0 Å². The van der Waals surface area contributed by atoms with E-state index in [4.69, 9.17) is 4.74 Å². The highest BCUT2D eigenvalue weighted by Crippen LogP contribution is 2.47. The predicted molar refractivity (Wildman–Crippen MR) is 59.5 cm³/mol. The Labute approximate surface area is 90.9 Å². The highest BCUT2D eigenvalue weighted by molar-refractivity contribution is 5.35. The van der Waals surface area contributed by atoms with Crippen LogP contribution in [-0.4, -0.2) is 11.7 Å². The highest BCUT2D eigenvalue weighted by atomic mass is 16.5. The topological polar surface area (TPSA) is 29.5 Å². The first-order valence-electron chi connectivity index (χ1n) is 5.39. The van der Waals surface area contributed by atoms with Gasteiger partial charge in [0.15, 0.2) is 0 Å². The zero-order valence-electron chi connectivity index (χ0n) is 9.53. The van der Waals surface area contributed by atoms with Crippen LogP contribution in [0.1, 0.15) is 44.1 Å². The van der Waals surface area contributed by atoms with E-state index in [1.807, 2.05) is 18.2 Å². The summed E-state index contributed by atoms with van der Waals surface area (Å²) in [5, 5.41) is 9.27. The second-order valence-electron chi connectivity index (χ2n) is 5.18. The maximum Gasteiger partial charge on any atom is 0.107 e. The summed E-state index contributed by atoms with van der Waals surface area (Å²) >= 11 is 0. The molecule has 15 heavy (non-hydrogen) atoms. The number of rotatable bonds is 1. The van der Waals surface area contributed by atoms with Crippen molar-refractivity contribution in [2.75, 3.05) is 6.61 Å². The summed E-state index contributed by atoms with van der Waals surface area (Å²) in [6, 6.07) is 8.17. The molecule has 2 nitrogen and oxygen atoms in total. The molecule has 1 aromatic rings. The molecule has 1 aliphatic rings. The van der Waals surface area contributed by atoms with Crippen LogP contribution >= 0.6 is 0 Å². The van der Waals surface area contributed by atoms with Crippen LogP contribution in [-0.2, 0) is 4.74 Å². The lowest BCUT2D eigenvalue weighted by atomic mass is 9.84. The molecule has 0 saturated heterocycles. The fourth-order valence-corrected chi connectivity index (χ4v) is 2.17. The summed E-state index contributed by atoms with van der Waals surface area (Å²) in [5.41, 5.74) is 2.43. The molecule has 2 atom stereocenters. The molecule has 0 aromatic heterocycles. The van der Waals surface area contributed by atoms with Crippen molar-refractivity contribution in [3.63, 3.8) is 0 Å². The molecule has 0 bridgehead atoms. The number of fused-ring (bicyclic) bond motifs is 1. The van der Waals surface area contributed by atoms with Gasteiger partial charge in [0, 0.05) is 0 Å². The maximum atomic E-state index is 9.27. The maximum absolute atomic E-state index is 9.27. The van der Waals surface area contributed by atoms with Crippen LogP contribution in [0.5, 0.6) is 0 Å². The minimum absolute atomic E-state index is 0.0591. The smallest absolute Gasteiger partial charge is 0.107 e. The zero-order valence-corrected chi connectivity index (χ0v) is 9.53. The van der Waals surface area contributed by atoms with E-state index in [1.54, 1.807) is 0 Å². The van der Waals surface area contributed by atoms with E-state index in [9.17, 15) is 5.11 Å². The van der Waals surface area contributed by atoms with E-state index < -0.39 is 0 Å². The Morgan fingerprint density at radius 3 is 2.33 bits per heavy atom. The zero-order chi connectivity index (χ0) is 11.1. The van der Waals surface area contributed by atoms with Crippen LogP contribution < -0.4 is 0 Å². The van der Waals surface area contributed by atoms with Gasteiger partial charge in [-0.15, -0.1) is 0 Å². The van der Waals surface area contributed by atoms with Gasteiger partial charge in [-0.3, -0.25) is 0 Å². The quantitative estimate of drug-likeness (QED) is 0.765. The van der Waals surface area contributed by atoms with Gasteiger partial charge in [-0.2, -0.15) is 0 Å². The van der Waals surface area contributed by atoms with Gasteiger partial charge in [0.25, 0.3) is 0 Å². The van der Waals surface area contributed by atoms with Crippen molar-refractivity contribution in [3.05, 3.63) is 35.4 Å². The first kappa shape index (κ1) is 10.7. The van der Waals surface area contributed by atoms with E-state index in [2.05, 4.69) is 26.8 Å². The molecule has 0 fully saturated rings. The molecule has 1 N–H and O–H groups in total. The molecule has 0 spiro atoms. The van der Waals surface area contributed by atoms with Gasteiger partial charge in [0.2, 0.25) is 0 Å². The third-order valence-corrected chi connectivity index (χ3v) is 2.88. The van der Waals surface area contributed by atoms with Gasteiger partial charge in [0.05, 0.1) is 12.7 Å². The average molecular weight is 206 g/mol. The second kappa shape index (κ2) is 3.62. The number of ether oxygens (including phenoxy) is 1. The molecule has 2 heteroatoms. The normalized spacial score (nSPS) is 25.3. The summed E-state index contributed by atoms with van der Waals surface area (Å²) in [6.45, 7) is 6.54. The van der Waals surface area contributed by atoms with Gasteiger partial charge < -0.3 is 9.84 Å². The first-order valence-corrected chi connectivity index (χ1v) is 5.39. The summed E-state index contributed by atoms with van der Waals surface area (Å²) in [5.74, 6) is 0. The largest absolute Gasteiger partial charge is 0.393 e. The SMILES string of the molecule is CC(C)(C)C1OC(CO)c2ccccc21.